The summed E-state index contributed by atoms with van der Waals surface area (Å²) in [7, 11) is 0. The van der Waals surface area contributed by atoms with E-state index in [1.807, 2.05) is 0 Å². The Hall–Kier alpha value is -2.16. The molecular weight excluding hydrogens is 327 g/mol. The Labute approximate surface area is 137 Å². The van der Waals surface area contributed by atoms with Gasteiger partial charge in [0.25, 0.3) is 0 Å². The average molecular weight is 345 g/mol. The van der Waals surface area contributed by atoms with Crippen LogP contribution in [-0.4, -0.2) is 53.7 Å². The van der Waals surface area contributed by atoms with Gasteiger partial charge in [-0.2, -0.15) is 13.2 Å². The zero-order valence-corrected chi connectivity index (χ0v) is 13.1. The Morgan fingerprint density at radius 1 is 1.46 bits per heavy atom. The van der Waals surface area contributed by atoms with E-state index in [2.05, 4.69) is 10.3 Å². The van der Waals surface area contributed by atoms with Gasteiger partial charge >= 0.3 is 18.1 Å². The summed E-state index contributed by atoms with van der Waals surface area (Å²) >= 11 is 0. The van der Waals surface area contributed by atoms with Gasteiger partial charge in [-0.15, -0.1) is 0 Å². The van der Waals surface area contributed by atoms with E-state index in [1.165, 1.54) is 18.3 Å². The third-order valence-electron chi connectivity index (χ3n) is 3.64. The second-order valence-corrected chi connectivity index (χ2v) is 5.33. The van der Waals surface area contributed by atoms with Gasteiger partial charge in [0.2, 0.25) is 0 Å². The first-order valence-corrected chi connectivity index (χ1v) is 7.53. The number of hydrogen-bond donors (Lipinski definition) is 1. The lowest BCUT2D eigenvalue weighted by molar-refractivity contribution is -0.188. The molecule has 1 atom stereocenters. The molecule has 1 saturated heterocycles. The third kappa shape index (κ3) is 4.44. The van der Waals surface area contributed by atoms with Crippen molar-refractivity contribution in [3.05, 3.63) is 29.6 Å². The number of nitrogens with one attached hydrogen (secondary N) is 1. The molecule has 1 fully saturated rings. The van der Waals surface area contributed by atoms with Crippen molar-refractivity contribution in [1.29, 1.82) is 0 Å². The van der Waals surface area contributed by atoms with E-state index in [9.17, 15) is 22.8 Å². The van der Waals surface area contributed by atoms with Gasteiger partial charge in [0.1, 0.15) is 0 Å². The van der Waals surface area contributed by atoms with Crippen LogP contribution in [0.2, 0.25) is 0 Å². The van der Waals surface area contributed by atoms with Crippen LogP contribution in [0.5, 0.6) is 0 Å². The molecule has 1 aromatic rings. The highest BCUT2D eigenvalue weighted by atomic mass is 19.4. The zero-order valence-electron chi connectivity index (χ0n) is 13.1. The maximum absolute atomic E-state index is 12.9. The number of hydrogen-bond acceptors (Lipinski definition) is 5. The number of ether oxygens (including phenoxy) is 1. The molecule has 2 heterocycles. The number of amides is 1. The van der Waals surface area contributed by atoms with E-state index in [-0.39, 0.29) is 24.4 Å². The second-order valence-electron chi connectivity index (χ2n) is 5.33. The van der Waals surface area contributed by atoms with Crippen molar-refractivity contribution < 1.29 is 27.5 Å². The number of nitrogens with zero attached hydrogens (tertiary/aromatic N) is 2. The summed E-state index contributed by atoms with van der Waals surface area (Å²) in [5, 5.41) is 2.94. The smallest absolute Gasteiger partial charge is 0.462 e. The minimum atomic E-state index is -4.96. The predicted molar refractivity (Wildman–Crippen MR) is 78.1 cm³/mol. The molecule has 1 aliphatic rings. The highest BCUT2D eigenvalue weighted by molar-refractivity contribution is 5.89. The molecule has 0 aromatic carbocycles. The van der Waals surface area contributed by atoms with Gasteiger partial charge in [-0.1, -0.05) is 0 Å². The molecule has 6 nitrogen and oxygen atoms in total. The van der Waals surface area contributed by atoms with Crippen LogP contribution >= 0.6 is 0 Å². The van der Waals surface area contributed by atoms with E-state index >= 15 is 0 Å². The standard InChI is InChI=1S/C15H18F3N3O3/c1-2-24-13(22)10-3-6-20-11(7-10)9-21(12-4-5-19-8-12)14(23)15(16,17)18/h3,6-7,12,19H,2,4-5,8-9H2,1H3/t12-/m1/s1. The quantitative estimate of drug-likeness (QED) is 0.819. The van der Waals surface area contributed by atoms with Crippen molar-refractivity contribution in [2.24, 2.45) is 0 Å². The summed E-state index contributed by atoms with van der Waals surface area (Å²) < 4.78 is 43.4. The molecule has 0 aliphatic carbocycles. The Kier molecular flexibility index (Phi) is 5.76. The highest BCUT2D eigenvalue weighted by Crippen LogP contribution is 2.23. The van der Waals surface area contributed by atoms with Crippen molar-refractivity contribution in [3.63, 3.8) is 0 Å². The summed E-state index contributed by atoms with van der Waals surface area (Å²) in [6.07, 6.45) is -3.22. The van der Waals surface area contributed by atoms with E-state index < -0.39 is 24.1 Å². The molecule has 2 rings (SSSR count). The first-order valence-electron chi connectivity index (χ1n) is 7.53. The minimum Gasteiger partial charge on any atom is -0.462 e. The predicted octanol–water partition coefficient (Wildman–Crippen LogP) is 1.51. The fourth-order valence-electron chi connectivity index (χ4n) is 2.52. The summed E-state index contributed by atoms with van der Waals surface area (Å²) in [6, 6.07) is 2.19. The number of carbonyl (C=O) groups excluding carboxylic acids is 2. The molecule has 1 aliphatic heterocycles. The Morgan fingerprint density at radius 3 is 2.79 bits per heavy atom. The number of rotatable bonds is 5. The number of esters is 1. The van der Waals surface area contributed by atoms with Gasteiger partial charge in [0.05, 0.1) is 24.4 Å². The topological polar surface area (TPSA) is 71.5 Å². The van der Waals surface area contributed by atoms with E-state index in [0.717, 1.165) is 4.90 Å². The van der Waals surface area contributed by atoms with Gasteiger partial charge in [0.15, 0.2) is 0 Å². The van der Waals surface area contributed by atoms with Crippen molar-refractivity contribution >= 4 is 11.9 Å². The second kappa shape index (κ2) is 7.61. The monoisotopic (exact) mass is 345 g/mol. The number of halogens is 3. The van der Waals surface area contributed by atoms with Crippen LogP contribution in [0.15, 0.2) is 18.3 Å². The maximum Gasteiger partial charge on any atom is 0.471 e. The summed E-state index contributed by atoms with van der Waals surface area (Å²) in [6.45, 7) is 2.35. The highest BCUT2D eigenvalue weighted by Gasteiger charge is 2.45. The van der Waals surface area contributed by atoms with Gasteiger partial charge in [-0.3, -0.25) is 9.78 Å². The van der Waals surface area contributed by atoms with Crippen LogP contribution in [0.25, 0.3) is 0 Å². The molecule has 9 heteroatoms. The van der Waals surface area contributed by atoms with Crippen LogP contribution in [0.4, 0.5) is 13.2 Å². The lowest BCUT2D eigenvalue weighted by Gasteiger charge is -2.29. The molecule has 0 unspecified atom stereocenters. The van der Waals surface area contributed by atoms with Crippen LogP contribution in [-0.2, 0) is 16.1 Å². The minimum absolute atomic E-state index is 0.183. The van der Waals surface area contributed by atoms with Crippen LogP contribution in [0, 0.1) is 0 Å². The van der Waals surface area contributed by atoms with Gasteiger partial charge in [0, 0.05) is 18.8 Å². The Balaban J connectivity index is 2.21. The summed E-state index contributed by atoms with van der Waals surface area (Å²) in [4.78, 5) is 28.2. The van der Waals surface area contributed by atoms with Crippen molar-refractivity contribution in [3.8, 4) is 0 Å². The molecule has 1 N–H and O–H groups in total. The Morgan fingerprint density at radius 2 is 2.21 bits per heavy atom. The van der Waals surface area contributed by atoms with Crippen molar-refractivity contribution in [2.45, 2.75) is 32.1 Å². The molecule has 0 radical (unpaired) electrons. The number of pyridine rings is 1. The molecular formula is C15H18F3N3O3. The maximum atomic E-state index is 12.9. The lowest BCUT2D eigenvalue weighted by atomic mass is 10.1. The number of carbonyl (C=O) groups is 2. The summed E-state index contributed by atoms with van der Waals surface area (Å²) in [5.41, 5.74) is 0.385. The Bertz CT molecular complexity index is 601. The van der Waals surface area contributed by atoms with Gasteiger partial charge in [-0.05, 0) is 32.0 Å². The third-order valence-corrected chi connectivity index (χ3v) is 3.64. The zero-order chi connectivity index (χ0) is 17.7. The van der Waals surface area contributed by atoms with E-state index in [0.29, 0.717) is 19.5 Å². The molecule has 24 heavy (non-hydrogen) atoms. The van der Waals surface area contributed by atoms with Crippen LogP contribution in [0.1, 0.15) is 29.4 Å². The van der Waals surface area contributed by atoms with Crippen LogP contribution in [0.3, 0.4) is 0 Å². The fourth-order valence-corrected chi connectivity index (χ4v) is 2.52. The average Bonchev–Trinajstić information content (AvgIpc) is 3.06. The molecule has 1 aromatic heterocycles. The molecule has 1 amide bonds. The first kappa shape index (κ1) is 18.2. The van der Waals surface area contributed by atoms with Crippen molar-refractivity contribution in [2.75, 3.05) is 19.7 Å². The molecule has 132 valence electrons. The van der Waals surface area contributed by atoms with Crippen molar-refractivity contribution in [1.82, 2.24) is 15.2 Å². The first-order chi connectivity index (χ1) is 11.3. The number of alkyl halides is 3. The lowest BCUT2D eigenvalue weighted by Crippen LogP contribution is -2.47. The van der Waals surface area contributed by atoms with Gasteiger partial charge in [-0.25, -0.2) is 4.79 Å². The fraction of sp³-hybridized carbons (Fsp3) is 0.533. The van der Waals surface area contributed by atoms with E-state index in [4.69, 9.17) is 4.74 Å². The van der Waals surface area contributed by atoms with Crippen LogP contribution < -0.4 is 5.32 Å². The largest absolute Gasteiger partial charge is 0.471 e. The number of aromatic nitrogens is 1. The molecule has 0 spiro atoms. The van der Waals surface area contributed by atoms with Gasteiger partial charge < -0.3 is 15.0 Å². The SMILES string of the molecule is CCOC(=O)c1ccnc(CN(C(=O)C(F)(F)F)[C@@H]2CCNC2)c1. The normalized spacial score (nSPS) is 17.6. The van der Waals surface area contributed by atoms with E-state index in [1.54, 1.807) is 6.92 Å². The summed E-state index contributed by atoms with van der Waals surface area (Å²) in [5.74, 6) is -2.49. The molecule has 0 saturated carbocycles. The molecule has 0 bridgehead atoms.